The Morgan fingerprint density at radius 1 is 1.10 bits per heavy atom. The molecule has 21 heavy (non-hydrogen) atoms. The van der Waals surface area contributed by atoms with Gasteiger partial charge in [0, 0.05) is 17.8 Å². The van der Waals surface area contributed by atoms with Crippen LogP contribution in [0, 0.1) is 11.3 Å². The Balaban J connectivity index is 2.24. The summed E-state index contributed by atoms with van der Waals surface area (Å²) in [6, 6.07) is 9.42. The Kier molecular flexibility index (Phi) is 5.10. The summed E-state index contributed by atoms with van der Waals surface area (Å²) in [4.78, 5) is 8.64. The molecule has 2 aromatic rings. The van der Waals surface area contributed by atoms with E-state index in [1.807, 2.05) is 12.1 Å². The van der Waals surface area contributed by atoms with Gasteiger partial charge in [-0.25, -0.2) is 9.97 Å². The van der Waals surface area contributed by atoms with Gasteiger partial charge in [0.25, 0.3) is 0 Å². The van der Waals surface area contributed by atoms with E-state index in [1.54, 1.807) is 18.5 Å². The maximum absolute atomic E-state index is 8.82. The molecule has 0 amide bonds. The van der Waals surface area contributed by atoms with E-state index in [9.17, 15) is 0 Å². The summed E-state index contributed by atoms with van der Waals surface area (Å²) in [6.07, 6.45) is 3.44. The molecule has 2 rings (SSSR count). The van der Waals surface area contributed by atoms with Gasteiger partial charge in [0.1, 0.15) is 18.0 Å². The molecule has 0 fully saturated rings. The molecule has 108 valence electrons. The second-order valence-electron chi connectivity index (χ2n) is 4.64. The van der Waals surface area contributed by atoms with Gasteiger partial charge in [-0.05, 0) is 37.1 Å². The zero-order valence-corrected chi connectivity index (χ0v) is 12.3. The minimum Gasteiger partial charge on any atom is -0.370 e. The van der Waals surface area contributed by atoms with Crippen molar-refractivity contribution >= 4 is 17.3 Å². The van der Waals surface area contributed by atoms with Crippen LogP contribution in [0.1, 0.15) is 31.4 Å². The molecule has 2 N–H and O–H groups in total. The highest BCUT2D eigenvalue weighted by Gasteiger charge is 2.09. The average Bonchev–Trinajstić information content (AvgIpc) is 2.53. The number of nitrogens with one attached hydrogen (secondary N) is 2. The molecular formula is C16H19N5. The molecule has 0 unspecified atom stereocenters. The molecular weight excluding hydrogens is 262 g/mol. The van der Waals surface area contributed by atoms with Crippen LogP contribution < -0.4 is 10.6 Å². The normalized spacial score (nSPS) is 9.95. The largest absolute Gasteiger partial charge is 0.370 e. The first kappa shape index (κ1) is 14.8. The molecule has 0 aliphatic heterocycles. The highest BCUT2D eigenvalue weighted by molar-refractivity contribution is 5.65. The zero-order chi connectivity index (χ0) is 15.1. The van der Waals surface area contributed by atoms with Crippen LogP contribution >= 0.6 is 0 Å². The van der Waals surface area contributed by atoms with Crippen LogP contribution in [0.25, 0.3) is 0 Å². The summed E-state index contributed by atoms with van der Waals surface area (Å²) in [5.41, 5.74) is 2.61. The predicted molar refractivity (Wildman–Crippen MR) is 84.6 cm³/mol. The fourth-order valence-electron chi connectivity index (χ4n) is 2.02. The summed E-state index contributed by atoms with van der Waals surface area (Å²) < 4.78 is 0. The van der Waals surface area contributed by atoms with Crippen molar-refractivity contribution in [1.29, 1.82) is 5.26 Å². The van der Waals surface area contributed by atoms with Gasteiger partial charge in [-0.15, -0.1) is 0 Å². The first-order valence-corrected chi connectivity index (χ1v) is 7.13. The summed E-state index contributed by atoms with van der Waals surface area (Å²) in [6.45, 7) is 5.09. The summed E-state index contributed by atoms with van der Waals surface area (Å²) in [7, 11) is 0. The van der Waals surface area contributed by atoms with E-state index in [0.717, 1.165) is 42.3 Å². The van der Waals surface area contributed by atoms with Crippen LogP contribution in [0.2, 0.25) is 0 Å². The minimum absolute atomic E-state index is 0.643. The highest BCUT2D eigenvalue weighted by atomic mass is 15.1. The van der Waals surface area contributed by atoms with Crippen LogP contribution in [-0.2, 0) is 6.42 Å². The predicted octanol–water partition coefficient (Wildman–Crippen LogP) is 3.48. The Labute approximate surface area is 125 Å². The van der Waals surface area contributed by atoms with Crippen molar-refractivity contribution in [2.45, 2.75) is 26.7 Å². The van der Waals surface area contributed by atoms with Crippen LogP contribution in [0.15, 0.2) is 30.6 Å². The lowest BCUT2D eigenvalue weighted by Crippen LogP contribution is -2.08. The standard InChI is InChI=1S/C16H19N5/c1-3-9-18-15-14(4-2)16(20-11-19-15)21-13-7-5-12(10-17)6-8-13/h5-8,11H,3-4,9H2,1-2H3,(H2,18,19,20,21). The molecule has 5 heteroatoms. The molecule has 1 aromatic heterocycles. The quantitative estimate of drug-likeness (QED) is 0.848. The first-order chi connectivity index (χ1) is 10.3. The van der Waals surface area contributed by atoms with E-state index < -0.39 is 0 Å². The summed E-state index contributed by atoms with van der Waals surface area (Å²) >= 11 is 0. The van der Waals surface area contributed by atoms with Crippen molar-refractivity contribution in [2.75, 3.05) is 17.2 Å². The number of rotatable bonds is 6. The Morgan fingerprint density at radius 2 is 1.81 bits per heavy atom. The van der Waals surface area contributed by atoms with Gasteiger partial charge < -0.3 is 10.6 Å². The van der Waals surface area contributed by atoms with E-state index in [1.165, 1.54) is 0 Å². The maximum Gasteiger partial charge on any atom is 0.139 e. The molecule has 0 saturated heterocycles. The van der Waals surface area contributed by atoms with Crippen molar-refractivity contribution in [3.05, 3.63) is 41.7 Å². The lowest BCUT2D eigenvalue weighted by molar-refractivity contribution is 0.949. The Morgan fingerprint density at radius 3 is 2.43 bits per heavy atom. The van der Waals surface area contributed by atoms with Gasteiger partial charge >= 0.3 is 0 Å². The van der Waals surface area contributed by atoms with Crippen LogP contribution in [-0.4, -0.2) is 16.5 Å². The number of hydrogen-bond donors (Lipinski definition) is 2. The molecule has 0 bridgehead atoms. The molecule has 1 heterocycles. The van der Waals surface area contributed by atoms with Crippen LogP contribution in [0.4, 0.5) is 17.3 Å². The number of nitrogens with zero attached hydrogens (tertiary/aromatic N) is 3. The molecule has 0 aliphatic carbocycles. The van der Waals surface area contributed by atoms with Crippen molar-refractivity contribution in [3.63, 3.8) is 0 Å². The van der Waals surface area contributed by atoms with Gasteiger partial charge in [0.2, 0.25) is 0 Å². The molecule has 0 spiro atoms. The second-order valence-corrected chi connectivity index (χ2v) is 4.64. The topological polar surface area (TPSA) is 73.6 Å². The van der Waals surface area contributed by atoms with E-state index in [-0.39, 0.29) is 0 Å². The number of aromatic nitrogens is 2. The first-order valence-electron chi connectivity index (χ1n) is 7.13. The third-order valence-corrected chi connectivity index (χ3v) is 3.12. The van der Waals surface area contributed by atoms with Gasteiger partial charge in [0.05, 0.1) is 11.6 Å². The SMILES string of the molecule is CCCNc1ncnc(Nc2ccc(C#N)cc2)c1CC. The van der Waals surface area contributed by atoms with E-state index in [0.29, 0.717) is 5.56 Å². The number of nitriles is 1. The van der Waals surface area contributed by atoms with Crippen molar-refractivity contribution in [1.82, 2.24) is 9.97 Å². The van der Waals surface area contributed by atoms with Gasteiger partial charge in [-0.3, -0.25) is 0 Å². The third kappa shape index (κ3) is 3.69. The van der Waals surface area contributed by atoms with Gasteiger partial charge in [0.15, 0.2) is 0 Å². The summed E-state index contributed by atoms with van der Waals surface area (Å²) in [5.74, 6) is 1.68. The minimum atomic E-state index is 0.643. The van der Waals surface area contributed by atoms with Crippen molar-refractivity contribution in [2.24, 2.45) is 0 Å². The molecule has 1 aromatic carbocycles. The zero-order valence-electron chi connectivity index (χ0n) is 12.3. The molecule has 5 nitrogen and oxygen atoms in total. The van der Waals surface area contributed by atoms with Gasteiger partial charge in [-0.1, -0.05) is 13.8 Å². The van der Waals surface area contributed by atoms with E-state index in [2.05, 4.69) is 40.5 Å². The molecule has 0 radical (unpaired) electrons. The molecule has 0 saturated carbocycles. The van der Waals surface area contributed by atoms with Crippen LogP contribution in [0.3, 0.4) is 0 Å². The van der Waals surface area contributed by atoms with Crippen LogP contribution in [0.5, 0.6) is 0 Å². The molecule has 0 aliphatic rings. The maximum atomic E-state index is 8.82. The smallest absolute Gasteiger partial charge is 0.139 e. The number of anilines is 3. The fraction of sp³-hybridized carbons (Fsp3) is 0.312. The van der Waals surface area contributed by atoms with E-state index >= 15 is 0 Å². The Bertz CT molecular complexity index is 628. The van der Waals surface area contributed by atoms with Crippen molar-refractivity contribution in [3.8, 4) is 6.07 Å². The highest BCUT2D eigenvalue weighted by Crippen LogP contribution is 2.24. The average molecular weight is 281 g/mol. The molecule has 0 atom stereocenters. The number of benzene rings is 1. The lowest BCUT2D eigenvalue weighted by atomic mass is 10.2. The summed E-state index contributed by atoms with van der Waals surface area (Å²) in [5, 5.41) is 15.4. The van der Waals surface area contributed by atoms with Crippen molar-refractivity contribution < 1.29 is 0 Å². The monoisotopic (exact) mass is 281 g/mol. The second kappa shape index (κ2) is 7.25. The van der Waals surface area contributed by atoms with E-state index in [4.69, 9.17) is 5.26 Å². The third-order valence-electron chi connectivity index (χ3n) is 3.12. The lowest BCUT2D eigenvalue weighted by Gasteiger charge is -2.14. The number of hydrogen-bond acceptors (Lipinski definition) is 5. The van der Waals surface area contributed by atoms with Gasteiger partial charge in [-0.2, -0.15) is 5.26 Å². The Hall–Kier alpha value is -2.61. The fourth-order valence-corrected chi connectivity index (χ4v) is 2.02.